The smallest absolute Gasteiger partial charge is 0.219 e. The summed E-state index contributed by atoms with van der Waals surface area (Å²) >= 11 is 0. The first-order valence-electron chi connectivity index (χ1n) is 9.47. The van der Waals surface area contributed by atoms with Crippen molar-refractivity contribution in [1.82, 2.24) is 24.9 Å². The monoisotopic (exact) mass is 348 g/mol. The lowest BCUT2D eigenvalue weighted by atomic mass is 10.3. The first kappa shape index (κ1) is 19.3. The molecule has 0 atom stereocenters. The van der Waals surface area contributed by atoms with Crippen molar-refractivity contribution in [1.29, 1.82) is 0 Å². The summed E-state index contributed by atoms with van der Waals surface area (Å²) in [5.74, 6) is 1.15. The molecule has 140 valence electrons. The van der Waals surface area contributed by atoms with Gasteiger partial charge in [0.05, 0.1) is 0 Å². The van der Waals surface area contributed by atoms with Crippen molar-refractivity contribution < 1.29 is 4.79 Å². The highest BCUT2D eigenvalue weighted by atomic mass is 16.2. The van der Waals surface area contributed by atoms with Gasteiger partial charge in [0.2, 0.25) is 5.91 Å². The molecule has 2 rings (SSSR count). The van der Waals surface area contributed by atoms with E-state index < -0.39 is 0 Å². The predicted octanol–water partition coefficient (Wildman–Crippen LogP) is 1.57. The summed E-state index contributed by atoms with van der Waals surface area (Å²) in [5.41, 5.74) is 0. The number of unbranched alkanes of at least 4 members (excludes halogenated alkanes) is 1. The largest absolute Gasteiger partial charge is 0.356 e. The summed E-state index contributed by atoms with van der Waals surface area (Å²) in [6.45, 7) is 9.86. The van der Waals surface area contributed by atoms with Crippen LogP contribution in [0.2, 0.25) is 0 Å². The second-order valence-corrected chi connectivity index (χ2v) is 6.46. The summed E-state index contributed by atoms with van der Waals surface area (Å²) in [6, 6.07) is 1.94. The second-order valence-electron chi connectivity index (χ2n) is 6.46. The molecule has 0 unspecified atom stereocenters. The molecule has 1 amide bonds. The lowest BCUT2D eigenvalue weighted by Crippen LogP contribution is -2.44. The first-order valence-corrected chi connectivity index (χ1v) is 9.47. The van der Waals surface area contributed by atoms with E-state index in [4.69, 9.17) is 4.99 Å². The molecule has 0 aromatic carbocycles. The van der Waals surface area contributed by atoms with E-state index in [1.807, 2.05) is 21.8 Å². The fourth-order valence-corrected chi connectivity index (χ4v) is 2.94. The highest BCUT2D eigenvalue weighted by molar-refractivity contribution is 5.80. The zero-order chi connectivity index (χ0) is 17.9. The number of aryl methyl sites for hydroxylation is 1. The lowest BCUT2D eigenvalue weighted by molar-refractivity contribution is -0.128. The molecule has 1 fully saturated rings. The third-order valence-electron chi connectivity index (χ3n) is 4.42. The molecule has 0 radical (unpaired) electrons. The van der Waals surface area contributed by atoms with Crippen LogP contribution in [0.1, 0.15) is 39.5 Å². The van der Waals surface area contributed by atoms with Crippen LogP contribution < -0.4 is 5.32 Å². The Kier molecular flexibility index (Phi) is 8.28. The van der Waals surface area contributed by atoms with E-state index in [2.05, 4.69) is 22.2 Å². The number of guanidine groups is 1. The van der Waals surface area contributed by atoms with Crippen molar-refractivity contribution in [2.45, 2.75) is 46.1 Å². The van der Waals surface area contributed by atoms with E-state index in [-0.39, 0.29) is 5.91 Å². The maximum atomic E-state index is 11.6. The Morgan fingerprint density at radius 1 is 1.20 bits per heavy atom. The molecule has 0 aliphatic carbocycles. The van der Waals surface area contributed by atoms with Crippen LogP contribution in [0.3, 0.4) is 0 Å². The van der Waals surface area contributed by atoms with E-state index in [9.17, 15) is 4.79 Å². The standard InChI is InChI=1S/C18H32N6O/c1-3-4-8-19-18(20-9-5-13-24-14-6-10-21-24)23-12-7-11-22(15-16-23)17(2)25/h6,10,14H,3-5,7-9,11-13,15-16H2,1-2H3,(H,19,20). The Balaban J connectivity index is 1.88. The number of rotatable bonds is 7. The SMILES string of the molecule is CCCCNC(=NCCCn1cccn1)N1CCCN(C(C)=O)CC1. The van der Waals surface area contributed by atoms with Crippen LogP contribution in [0.25, 0.3) is 0 Å². The molecule has 7 heteroatoms. The maximum absolute atomic E-state index is 11.6. The van der Waals surface area contributed by atoms with Crippen LogP contribution in [0.4, 0.5) is 0 Å². The summed E-state index contributed by atoms with van der Waals surface area (Å²) in [7, 11) is 0. The van der Waals surface area contributed by atoms with E-state index >= 15 is 0 Å². The molecule has 1 N–H and O–H groups in total. The summed E-state index contributed by atoms with van der Waals surface area (Å²) in [5, 5.41) is 7.73. The van der Waals surface area contributed by atoms with Gasteiger partial charge in [-0.05, 0) is 25.3 Å². The molecule has 0 spiro atoms. The fourth-order valence-electron chi connectivity index (χ4n) is 2.94. The van der Waals surface area contributed by atoms with Gasteiger partial charge in [0.1, 0.15) is 0 Å². The number of hydrogen-bond acceptors (Lipinski definition) is 3. The van der Waals surface area contributed by atoms with Gasteiger partial charge in [0.25, 0.3) is 0 Å². The van der Waals surface area contributed by atoms with E-state index in [0.29, 0.717) is 0 Å². The highest BCUT2D eigenvalue weighted by Crippen LogP contribution is 2.05. The maximum Gasteiger partial charge on any atom is 0.219 e. The molecule has 0 bridgehead atoms. The van der Waals surface area contributed by atoms with Gasteiger partial charge in [-0.2, -0.15) is 5.10 Å². The van der Waals surface area contributed by atoms with Crippen molar-refractivity contribution in [3.63, 3.8) is 0 Å². The zero-order valence-electron chi connectivity index (χ0n) is 15.7. The molecule has 1 aliphatic heterocycles. The molecule has 0 saturated carbocycles. The number of nitrogens with zero attached hydrogens (tertiary/aromatic N) is 5. The number of nitrogens with one attached hydrogen (secondary N) is 1. The number of carbonyl (C=O) groups is 1. The van der Waals surface area contributed by atoms with Crippen LogP contribution in [0, 0.1) is 0 Å². The van der Waals surface area contributed by atoms with Gasteiger partial charge in [-0.1, -0.05) is 13.3 Å². The third kappa shape index (κ3) is 6.76. The van der Waals surface area contributed by atoms with Gasteiger partial charge >= 0.3 is 0 Å². The van der Waals surface area contributed by atoms with E-state index in [1.165, 1.54) is 0 Å². The van der Waals surface area contributed by atoms with Crippen LogP contribution >= 0.6 is 0 Å². The van der Waals surface area contributed by atoms with Crippen LogP contribution in [0.15, 0.2) is 23.5 Å². The minimum absolute atomic E-state index is 0.165. The second kappa shape index (κ2) is 10.7. The Bertz CT molecular complexity index is 528. The van der Waals surface area contributed by atoms with Gasteiger partial charge in [0.15, 0.2) is 5.96 Å². The fraction of sp³-hybridized carbons (Fsp3) is 0.722. The number of hydrogen-bond donors (Lipinski definition) is 1. The van der Waals surface area contributed by atoms with Crippen LogP contribution in [-0.2, 0) is 11.3 Å². The lowest BCUT2D eigenvalue weighted by Gasteiger charge is -2.25. The molecule has 1 aliphatic rings. The summed E-state index contributed by atoms with van der Waals surface area (Å²) in [4.78, 5) is 20.7. The van der Waals surface area contributed by atoms with E-state index in [1.54, 1.807) is 13.1 Å². The molecular formula is C18H32N6O. The molecule has 1 saturated heterocycles. The number of aliphatic imine (C=N–C) groups is 1. The number of amides is 1. The van der Waals surface area contributed by atoms with Crippen LogP contribution in [-0.4, -0.2) is 70.7 Å². The average molecular weight is 348 g/mol. The third-order valence-corrected chi connectivity index (χ3v) is 4.42. The summed E-state index contributed by atoms with van der Waals surface area (Å²) < 4.78 is 1.94. The Morgan fingerprint density at radius 3 is 2.72 bits per heavy atom. The number of carbonyl (C=O) groups excluding carboxylic acids is 1. The van der Waals surface area contributed by atoms with E-state index in [0.717, 1.165) is 77.5 Å². The normalized spacial score (nSPS) is 16.0. The van der Waals surface area contributed by atoms with Crippen molar-refractivity contribution >= 4 is 11.9 Å². The predicted molar refractivity (Wildman–Crippen MR) is 101 cm³/mol. The van der Waals surface area contributed by atoms with Gasteiger partial charge in [0, 0.05) is 65.1 Å². The van der Waals surface area contributed by atoms with Crippen molar-refractivity contribution in [3.8, 4) is 0 Å². The molecular weight excluding hydrogens is 316 g/mol. The molecule has 25 heavy (non-hydrogen) atoms. The van der Waals surface area contributed by atoms with Gasteiger partial charge in [-0.3, -0.25) is 14.5 Å². The van der Waals surface area contributed by atoms with Gasteiger partial charge < -0.3 is 15.1 Å². The molecule has 1 aromatic rings. The Morgan fingerprint density at radius 2 is 2.00 bits per heavy atom. The zero-order valence-corrected chi connectivity index (χ0v) is 15.7. The Labute approximate surface area is 151 Å². The molecule has 2 heterocycles. The minimum Gasteiger partial charge on any atom is -0.356 e. The topological polar surface area (TPSA) is 65.8 Å². The van der Waals surface area contributed by atoms with Crippen molar-refractivity contribution in [3.05, 3.63) is 18.5 Å². The number of aromatic nitrogens is 2. The van der Waals surface area contributed by atoms with Gasteiger partial charge in [-0.25, -0.2) is 0 Å². The molecule has 7 nitrogen and oxygen atoms in total. The first-order chi connectivity index (χ1) is 12.2. The van der Waals surface area contributed by atoms with Crippen molar-refractivity contribution in [2.24, 2.45) is 4.99 Å². The Hall–Kier alpha value is -2.05. The molecule has 1 aromatic heterocycles. The van der Waals surface area contributed by atoms with Gasteiger partial charge in [-0.15, -0.1) is 0 Å². The highest BCUT2D eigenvalue weighted by Gasteiger charge is 2.18. The average Bonchev–Trinajstić information content (AvgIpc) is 2.99. The van der Waals surface area contributed by atoms with Crippen molar-refractivity contribution in [2.75, 3.05) is 39.3 Å². The van der Waals surface area contributed by atoms with Crippen LogP contribution in [0.5, 0.6) is 0 Å². The minimum atomic E-state index is 0.165. The summed E-state index contributed by atoms with van der Waals surface area (Å²) in [6.07, 6.45) is 8.04. The quantitative estimate of drug-likeness (QED) is 0.461.